The zero-order valence-electron chi connectivity index (χ0n) is 43.9. The number of fused-ring (bicyclic) bond motifs is 8. The van der Waals surface area contributed by atoms with Crippen LogP contribution in [-0.2, 0) is 28.5 Å². The van der Waals surface area contributed by atoms with Crippen molar-refractivity contribution in [3.8, 4) is 0 Å². The van der Waals surface area contributed by atoms with Crippen LogP contribution in [0.1, 0.15) is 133 Å². The van der Waals surface area contributed by atoms with Crippen molar-refractivity contribution in [3.05, 3.63) is 74.9 Å². The number of nitrogens with one attached hydrogen (secondary N) is 4. The molecule has 5 amide bonds. The summed E-state index contributed by atoms with van der Waals surface area (Å²) < 4.78 is 21.7. The SMILES string of the molecule is CCC1=C(C)c2cc3[nH]c(cc4nc(c5c6[nH]c(cc1n2)c(C)c6C(=O)N(CCN1CCOCC1)C5=O)[C@@H](CCC(=O)N(C)CCNC(=O)OC(C)(C)C)[C@@H]4C)c(C)c3/C=C/C(=O)NCCOCCOCCO. The molecule has 1 fully saturated rings. The standard InChI is InChI=1S/C54H73N9O10/c1-10-36-32(2)40-30-44-37(11-13-45(65)55-16-23-70-27-28-72-26-22-64)33(3)39(58-44)29-41-34(4)38(12-14-46(66)61(9)17-15-56-53(69)73-54(6,7)8)49(59-41)48-50-47(35(5)42(60-50)31-43(36)57-40)51(67)63(52(48)68)19-18-62-20-24-71-25-21-62/h11,13,29-31,34,38,58,60,64H,10,12,14-28H2,1-9H3,(H,55,65)(H,56,69)/b13-11+,39-29?,40-30?,41-29?,42-31?,43-31?,44-30?,49-48?/t34-,38-/m0/s1. The number of allylic oxidation sites excluding steroid dienone is 2. The number of H-pyrrole nitrogens is 2. The Balaban J connectivity index is 1.33. The maximum atomic E-state index is 15.2. The van der Waals surface area contributed by atoms with Crippen molar-refractivity contribution < 1.29 is 48.0 Å². The molecule has 0 spiro atoms. The quantitative estimate of drug-likeness (QED) is 0.0497. The van der Waals surface area contributed by atoms with Crippen LogP contribution >= 0.6 is 0 Å². The number of ether oxygens (including phenoxy) is 4. The summed E-state index contributed by atoms with van der Waals surface area (Å²) in [6, 6.07) is 5.92. The number of amides is 5. The number of rotatable bonds is 20. The van der Waals surface area contributed by atoms with E-state index in [-0.39, 0.29) is 62.9 Å². The Morgan fingerprint density at radius 1 is 0.890 bits per heavy atom. The Morgan fingerprint density at radius 3 is 2.30 bits per heavy atom. The fourth-order valence-electron chi connectivity index (χ4n) is 9.71. The Hall–Kier alpha value is -6.25. The molecule has 19 heteroatoms. The van der Waals surface area contributed by atoms with E-state index in [1.54, 1.807) is 38.8 Å². The van der Waals surface area contributed by atoms with E-state index in [4.69, 9.17) is 34.0 Å². The first kappa shape index (κ1) is 54.5. The van der Waals surface area contributed by atoms with Crippen molar-refractivity contribution in [2.45, 2.75) is 92.1 Å². The summed E-state index contributed by atoms with van der Waals surface area (Å²) in [5, 5.41) is 14.5. The van der Waals surface area contributed by atoms with Crippen LogP contribution in [-0.4, -0.2) is 174 Å². The second-order valence-corrected chi connectivity index (χ2v) is 19.9. The maximum absolute atomic E-state index is 15.2. The number of aliphatic hydroxyl groups excluding tert-OH is 1. The van der Waals surface area contributed by atoms with Crippen molar-refractivity contribution in [3.63, 3.8) is 0 Å². The van der Waals surface area contributed by atoms with Gasteiger partial charge in [0.15, 0.2) is 0 Å². The van der Waals surface area contributed by atoms with Crippen LogP contribution < -0.4 is 10.6 Å². The summed E-state index contributed by atoms with van der Waals surface area (Å²) in [4.78, 5) is 92.2. The highest BCUT2D eigenvalue weighted by Crippen LogP contribution is 2.44. The van der Waals surface area contributed by atoms with Gasteiger partial charge in [-0.3, -0.25) is 34.0 Å². The molecule has 0 saturated carbocycles. The molecule has 4 aliphatic heterocycles. The zero-order valence-corrected chi connectivity index (χ0v) is 43.9. The van der Waals surface area contributed by atoms with Crippen LogP contribution in [0.4, 0.5) is 4.79 Å². The molecule has 0 unspecified atom stereocenters. The zero-order chi connectivity index (χ0) is 52.6. The number of hydrogen-bond donors (Lipinski definition) is 5. The largest absolute Gasteiger partial charge is 0.444 e. The molecule has 5 N–H and O–H groups in total. The second kappa shape index (κ2) is 24.2. The predicted octanol–water partition coefficient (Wildman–Crippen LogP) is 6.01. The minimum Gasteiger partial charge on any atom is -0.444 e. The van der Waals surface area contributed by atoms with E-state index in [1.807, 2.05) is 45.9 Å². The van der Waals surface area contributed by atoms with Gasteiger partial charge in [-0.2, -0.15) is 0 Å². The molecule has 8 bridgehead atoms. The lowest BCUT2D eigenvalue weighted by Crippen LogP contribution is -2.47. The topological polar surface area (TPSA) is 234 Å². The Labute approximate surface area is 427 Å². The summed E-state index contributed by atoms with van der Waals surface area (Å²) in [5.41, 5.74) is 9.50. The van der Waals surface area contributed by atoms with Gasteiger partial charge >= 0.3 is 6.09 Å². The van der Waals surface area contributed by atoms with Crippen LogP contribution in [0.15, 0.2) is 24.3 Å². The molecule has 73 heavy (non-hydrogen) atoms. The normalized spacial score (nSPS) is 17.2. The molecule has 2 atom stereocenters. The number of aromatic amines is 2. The van der Waals surface area contributed by atoms with E-state index in [2.05, 4.69) is 32.4 Å². The highest BCUT2D eigenvalue weighted by Gasteiger charge is 2.41. The number of carbonyl (C=O) groups is 5. The minimum atomic E-state index is -0.662. The highest BCUT2D eigenvalue weighted by atomic mass is 16.6. The van der Waals surface area contributed by atoms with E-state index in [0.717, 1.165) is 44.7 Å². The Morgan fingerprint density at radius 2 is 1.59 bits per heavy atom. The van der Waals surface area contributed by atoms with Gasteiger partial charge in [0.05, 0.1) is 80.0 Å². The van der Waals surface area contributed by atoms with E-state index in [9.17, 15) is 19.2 Å². The van der Waals surface area contributed by atoms with Crippen molar-refractivity contribution in [2.24, 2.45) is 0 Å². The number of carbonyl (C=O) groups excluding carboxylic acids is 5. The number of aromatic nitrogens is 4. The van der Waals surface area contributed by atoms with Crippen molar-refractivity contribution in [2.75, 3.05) is 99.1 Å². The van der Waals surface area contributed by atoms with E-state index in [1.165, 1.54) is 11.0 Å². The monoisotopic (exact) mass is 1010 g/mol. The van der Waals surface area contributed by atoms with Gasteiger partial charge in [0, 0.05) is 105 Å². The molecule has 0 aromatic carbocycles. The molecule has 19 nitrogen and oxygen atoms in total. The van der Waals surface area contributed by atoms with Gasteiger partial charge in [-0.1, -0.05) is 13.8 Å². The number of likely N-dealkylation sites (N-methyl/N-ethyl adjacent to an activating group) is 1. The lowest BCUT2D eigenvalue weighted by molar-refractivity contribution is -0.130. The van der Waals surface area contributed by atoms with Gasteiger partial charge in [-0.15, -0.1) is 0 Å². The third-order valence-corrected chi connectivity index (χ3v) is 13.9. The summed E-state index contributed by atoms with van der Waals surface area (Å²) in [6.45, 7) is 20.4. The average Bonchev–Trinajstić information content (AvgIpc) is 4.03. The number of aryl methyl sites for hydroxylation is 2. The van der Waals surface area contributed by atoms with E-state index < -0.39 is 23.5 Å². The third kappa shape index (κ3) is 12.9. The number of morpholine rings is 1. The predicted molar refractivity (Wildman–Crippen MR) is 279 cm³/mol. The van der Waals surface area contributed by atoms with Crippen molar-refractivity contribution >= 4 is 69.0 Å². The number of alkyl carbamates (subject to hydrolysis) is 1. The van der Waals surface area contributed by atoms with Crippen LogP contribution in [0.2, 0.25) is 0 Å². The third-order valence-electron chi connectivity index (χ3n) is 13.9. The summed E-state index contributed by atoms with van der Waals surface area (Å²) >= 11 is 0. The van der Waals surface area contributed by atoms with E-state index >= 15 is 4.79 Å². The molecular formula is C54H73N9O10. The number of nitrogens with zero attached hydrogens (tertiary/aromatic N) is 5. The van der Waals surface area contributed by atoms with Crippen LogP contribution in [0.3, 0.4) is 0 Å². The lowest BCUT2D eigenvalue weighted by atomic mass is 9.84. The molecule has 3 aromatic rings. The van der Waals surface area contributed by atoms with Gasteiger partial charge in [-0.05, 0) is 101 Å². The molecule has 7 heterocycles. The van der Waals surface area contributed by atoms with Gasteiger partial charge in [0.25, 0.3) is 11.8 Å². The molecule has 1 saturated heterocycles. The molecule has 394 valence electrons. The second-order valence-electron chi connectivity index (χ2n) is 19.9. The van der Waals surface area contributed by atoms with Gasteiger partial charge < -0.3 is 49.6 Å². The first-order valence-corrected chi connectivity index (χ1v) is 25.5. The van der Waals surface area contributed by atoms with Gasteiger partial charge in [0.1, 0.15) is 5.60 Å². The number of imide groups is 1. The molecule has 0 aliphatic carbocycles. The molecule has 3 aromatic heterocycles. The first-order valence-electron chi connectivity index (χ1n) is 25.5. The summed E-state index contributed by atoms with van der Waals surface area (Å²) in [5.74, 6) is -2.00. The smallest absolute Gasteiger partial charge is 0.407 e. The fourth-order valence-corrected chi connectivity index (χ4v) is 9.71. The Bertz CT molecular complexity index is 2800. The van der Waals surface area contributed by atoms with Gasteiger partial charge in [0.2, 0.25) is 11.8 Å². The average molecular weight is 1010 g/mol. The highest BCUT2D eigenvalue weighted by molar-refractivity contribution is 6.23. The molecule has 4 aliphatic rings. The fraction of sp³-hybridized carbons (Fsp3) is 0.537. The molecule has 7 rings (SSSR count). The molecular weight excluding hydrogens is 935 g/mol. The Kier molecular flexibility index (Phi) is 18.1. The van der Waals surface area contributed by atoms with Gasteiger partial charge in [-0.25, -0.2) is 9.78 Å². The first-order chi connectivity index (χ1) is 34.9. The minimum absolute atomic E-state index is 0.0582. The van der Waals surface area contributed by atoms with Crippen molar-refractivity contribution in [1.29, 1.82) is 0 Å². The maximum Gasteiger partial charge on any atom is 0.407 e. The van der Waals surface area contributed by atoms with E-state index in [0.29, 0.717) is 111 Å². The van der Waals surface area contributed by atoms with Crippen LogP contribution in [0.5, 0.6) is 0 Å². The van der Waals surface area contributed by atoms with Crippen molar-refractivity contribution in [1.82, 2.24) is 45.3 Å². The van der Waals surface area contributed by atoms with Crippen LogP contribution in [0, 0.1) is 13.8 Å². The number of hydrogen-bond acceptors (Lipinski definition) is 13. The lowest BCUT2D eigenvalue weighted by Gasteiger charge is -2.31. The summed E-state index contributed by atoms with van der Waals surface area (Å²) in [7, 11) is 1.69. The summed E-state index contributed by atoms with van der Waals surface area (Å²) in [6.07, 6.45) is 3.84. The van der Waals surface area contributed by atoms with Crippen LogP contribution in [0.25, 0.3) is 39.3 Å². The molecule has 0 radical (unpaired) electrons. The number of aliphatic hydroxyl groups is 1.